The SMILES string of the molecule is Cc1ccccc1N1CCc2c(n(C)c3ccccc23)C1C#Cc1ccccc1. The van der Waals surface area contributed by atoms with Gasteiger partial charge in [0, 0.05) is 35.7 Å². The van der Waals surface area contributed by atoms with Crippen molar-refractivity contribution in [3.63, 3.8) is 0 Å². The third-order valence-corrected chi connectivity index (χ3v) is 5.99. The molecule has 3 aromatic carbocycles. The molecule has 1 aliphatic heterocycles. The monoisotopic (exact) mass is 376 g/mol. The van der Waals surface area contributed by atoms with Gasteiger partial charge in [-0.2, -0.15) is 0 Å². The highest BCUT2D eigenvalue weighted by Gasteiger charge is 2.31. The number of para-hydroxylation sites is 2. The molecule has 1 unspecified atom stereocenters. The first-order valence-electron chi connectivity index (χ1n) is 10.2. The molecule has 0 radical (unpaired) electrons. The number of aromatic nitrogens is 1. The maximum absolute atomic E-state index is 3.63. The van der Waals surface area contributed by atoms with Gasteiger partial charge >= 0.3 is 0 Å². The van der Waals surface area contributed by atoms with Crippen LogP contribution in [0.1, 0.15) is 28.4 Å². The van der Waals surface area contributed by atoms with Crippen molar-refractivity contribution >= 4 is 16.6 Å². The van der Waals surface area contributed by atoms with E-state index in [1.54, 1.807) is 0 Å². The molecule has 142 valence electrons. The van der Waals surface area contributed by atoms with Crippen LogP contribution in [0.2, 0.25) is 0 Å². The number of nitrogens with zero attached hydrogens (tertiary/aromatic N) is 2. The lowest BCUT2D eigenvalue weighted by molar-refractivity contribution is 0.641. The smallest absolute Gasteiger partial charge is 0.132 e. The first kappa shape index (κ1) is 17.6. The molecular formula is C27H24N2. The zero-order valence-electron chi connectivity index (χ0n) is 16.9. The van der Waals surface area contributed by atoms with Crippen LogP contribution < -0.4 is 4.90 Å². The van der Waals surface area contributed by atoms with E-state index in [2.05, 4.69) is 95.9 Å². The molecular weight excluding hydrogens is 352 g/mol. The summed E-state index contributed by atoms with van der Waals surface area (Å²) in [4.78, 5) is 2.48. The van der Waals surface area contributed by atoms with Crippen molar-refractivity contribution in [2.45, 2.75) is 19.4 Å². The van der Waals surface area contributed by atoms with Gasteiger partial charge in [-0.1, -0.05) is 66.4 Å². The molecule has 0 amide bonds. The lowest BCUT2D eigenvalue weighted by Crippen LogP contribution is -2.36. The fourth-order valence-corrected chi connectivity index (χ4v) is 4.58. The molecule has 0 spiro atoms. The van der Waals surface area contributed by atoms with Gasteiger partial charge < -0.3 is 9.47 Å². The van der Waals surface area contributed by atoms with E-state index in [4.69, 9.17) is 0 Å². The number of fused-ring (bicyclic) bond motifs is 3. The van der Waals surface area contributed by atoms with Crippen molar-refractivity contribution in [1.82, 2.24) is 4.57 Å². The molecule has 0 fully saturated rings. The first-order chi connectivity index (χ1) is 14.2. The Hall–Kier alpha value is -3.44. The molecule has 0 aliphatic carbocycles. The van der Waals surface area contributed by atoms with E-state index in [-0.39, 0.29) is 6.04 Å². The van der Waals surface area contributed by atoms with Crippen molar-refractivity contribution in [3.05, 3.63) is 101 Å². The van der Waals surface area contributed by atoms with Crippen LogP contribution >= 0.6 is 0 Å². The van der Waals surface area contributed by atoms with Crippen LogP contribution in [0, 0.1) is 18.8 Å². The number of hydrogen-bond acceptors (Lipinski definition) is 1. The third kappa shape index (κ3) is 3.00. The molecule has 2 nitrogen and oxygen atoms in total. The lowest BCUT2D eigenvalue weighted by Gasteiger charge is -2.36. The fraction of sp³-hybridized carbons (Fsp3) is 0.185. The van der Waals surface area contributed by atoms with Crippen LogP contribution in [0.5, 0.6) is 0 Å². The molecule has 5 rings (SSSR count). The molecule has 0 bridgehead atoms. The van der Waals surface area contributed by atoms with Crippen LogP contribution in [0.4, 0.5) is 5.69 Å². The van der Waals surface area contributed by atoms with Crippen molar-refractivity contribution < 1.29 is 0 Å². The van der Waals surface area contributed by atoms with E-state index in [1.807, 2.05) is 18.2 Å². The summed E-state index contributed by atoms with van der Waals surface area (Å²) in [6.45, 7) is 3.16. The van der Waals surface area contributed by atoms with Gasteiger partial charge in [-0.05, 0) is 48.7 Å². The van der Waals surface area contributed by atoms with Gasteiger partial charge in [-0.25, -0.2) is 0 Å². The summed E-state index contributed by atoms with van der Waals surface area (Å²) in [5.74, 6) is 7.07. The van der Waals surface area contributed by atoms with E-state index < -0.39 is 0 Å². The molecule has 1 atom stereocenters. The molecule has 4 aromatic rings. The minimum atomic E-state index is 0.0254. The van der Waals surface area contributed by atoms with Crippen molar-refractivity contribution in [1.29, 1.82) is 0 Å². The van der Waals surface area contributed by atoms with E-state index in [0.29, 0.717) is 0 Å². The zero-order valence-corrected chi connectivity index (χ0v) is 16.9. The van der Waals surface area contributed by atoms with E-state index >= 15 is 0 Å². The maximum atomic E-state index is 3.63. The van der Waals surface area contributed by atoms with Crippen LogP contribution in [0.15, 0.2) is 78.9 Å². The first-order valence-corrected chi connectivity index (χ1v) is 10.2. The predicted octanol–water partition coefficient (Wildman–Crippen LogP) is 5.64. The Bertz CT molecular complexity index is 1240. The van der Waals surface area contributed by atoms with Crippen LogP contribution in [0.3, 0.4) is 0 Å². The van der Waals surface area contributed by atoms with Crippen molar-refractivity contribution in [2.75, 3.05) is 11.4 Å². The minimum absolute atomic E-state index is 0.0254. The highest BCUT2D eigenvalue weighted by molar-refractivity contribution is 5.87. The van der Waals surface area contributed by atoms with Gasteiger partial charge in [0.25, 0.3) is 0 Å². The quantitative estimate of drug-likeness (QED) is 0.390. The molecule has 29 heavy (non-hydrogen) atoms. The van der Waals surface area contributed by atoms with E-state index in [9.17, 15) is 0 Å². The second-order valence-corrected chi connectivity index (χ2v) is 7.71. The van der Waals surface area contributed by atoms with E-state index in [1.165, 1.54) is 33.4 Å². The summed E-state index contributed by atoms with van der Waals surface area (Å²) in [7, 11) is 2.18. The normalized spacial score (nSPS) is 15.7. The number of anilines is 1. The van der Waals surface area contributed by atoms with Gasteiger partial charge in [-0.3, -0.25) is 0 Å². The molecule has 2 heterocycles. The Morgan fingerprint density at radius 3 is 2.41 bits per heavy atom. The zero-order chi connectivity index (χ0) is 19.8. The maximum Gasteiger partial charge on any atom is 0.132 e. The second kappa shape index (κ2) is 7.18. The summed E-state index contributed by atoms with van der Waals surface area (Å²) in [5, 5.41) is 1.36. The van der Waals surface area contributed by atoms with E-state index in [0.717, 1.165) is 18.5 Å². The Labute approximate surface area is 172 Å². The lowest BCUT2D eigenvalue weighted by atomic mass is 9.95. The van der Waals surface area contributed by atoms with Gasteiger partial charge in [0.2, 0.25) is 0 Å². The number of hydrogen-bond donors (Lipinski definition) is 0. The van der Waals surface area contributed by atoms with Gasteiger partial charge in [-0.15, -0.1) is 0 Å². The third-order valence-electron chi connectivity index (χ3n) is 5.99. The Morgan fingerprint density at radius 2 is 1.59 bits per heavy atom. The topological polar surface area (TPSA) is 8.17 Å². The molecule has 0 N–H and O–H groups in total. The average Bonchev–Trinajstić information content (AvgIpc) is 3.06. The Kier molecular flexibility index (Phi) is 4.37. The Balaban J connectivity index is 1.71. The number of benzene rings is 3. The van der Waals surface area contributed by atoms with Crippen LogP contribution in [-0.4, -0.2) is 11.1 Å². The highest BCUT2D eigenvalue weighted by Crippen LogP contribution is 2.39. The summed E-state index contributed by atoms with van der Waals surface area (Å²) < 4.78 is 2.35. The van der Waals surface area contributed by atoms with Crippen molar-refractivity contribution in [2.24, 2.45) is 7.05 Å². The molecule has 1 aromatic heterocycles. The molecule has 0 saturated carbocycles. The molecule has 1 aliphatic rings. The summed E-state index contributed by atoms with van der Waals surface area (Å²) in [5.41, 5.74) is 7.68. The van der Waals surface area contributed by atoms with Crippen molar-refractivity contribution in [3.8, 4) is 11.8 Å². The standard InChI is InChI=1S/C27H24N2/c1-20-10-6-8-14-24(20)29-19-18-23-22-13-7-9-15-25(22)28(2)27(23)26(29)17-16-21-11-4-3-5-12-21/h3-15,26H,18-19H2,1-2H3. The second-order valence-electron chi connectivity index (χ2n) is 7.71. The van der Waals surface area contributed by atoms with Crippen LogP contribution in [0.25, 0.3) is 10.9 Å². The highest BCUT2D eigenvalue weighted by atomic mass is 15.2. The minimum Gasteiger partial charge on any atom is -0.352 e. The predicted molar refractivity (Wildman–Crippen MR) is 121 cm³/mol. The van der Waals surface area contributed by atoms with Gasteiger partial charge in [0.1, 0.15) is 6.04 Å². The fourth-order valence-electron chi connectivity index (χ4n) is 4.58. The van der Waals surface area contributed by atoms with Gasteiger partial charge in [0.05, 0.1) is 5.69 Å². The summed E-state index contributed by atoms with van der Waals surface area (Å²) in [6, 6.07) is 27.7. The van der Waals surface area contributed by atoms with Crippen LogP contribution in [-0.2, 0) is 13.5 Å². The Morgan fingerprint density at radius 1 is 0.862 bits per heavy atom. The molecule has 2 heteroatoms. The number of aryl methyl sites for hydroxylation is 2. The average molecular weight is 377 g/mol. The van der Waals surface area contributed by atoms with Gasteiger partial charge in [0.15, 0.2) is 0 Å². The molecule has 0 saturated heterocycles. The summed E-state index contributed by atoms with van der Waals surface area (Å²) >= 11 is 0. The summed E-state index contributed by atoms with van der Waals surface area (Å²) in [6.07, 6.45) is 1.04. The largest absolute Gasteiger partial charge is 0.352 e. The number of rotatable bonds is 1.